The minimum Gasteiger partial charge on any atom is -0.385 e. The van der Waals surface area contributed by atoms with Gasteiger partial charge in [-0.05, 0) is 35.1 Å². The van der Waals surface area contributed by atoms with Gasteiger partial charge in [0.2, 0.25) is 0 Å². The number of aliphatic hydroxyl groups excluding tert-OH is 1. The molecule has 0 aliphatic heterocycles. The van der Waals surface area contributed by atoms with Crippen molar-refractivity contribution in [2.24, 2.45) is 5.41 Å². The third-order valence-electron chi connectivity index (χ3n) is 5.75. The minimum absolute atomic E-state index is 0.0592. The maximum absolute atomic E-state index is 13.3. The first-order valence-corrected chi connectivity index (χ1v) is 9.81. The van der Waals surface area contributed by atoms with E-state index in [1.165, 1.54) is 15.8 Å². The van der Waals surface area contributed by atoms with Gasteiger partial charge in [0.25, 0.3) is 5.56 Å². The van der Waals surface area contributed by atoms with E-state index in [-0.39, 0.29) is 17.5 Å². The molecular weight excluding hydrogens is 350 g/mol. The van der Waals surface area contributed by atoms with Crippen molar-refractivity contribution in [2.75, 3.05) is 5.43 Å². The van der Waals surface area contributed by atoms with Crippen molar-refractivity contribution in [2.45, 2.75) is 52.2 Å². The highest BCUT2D eigenvalue weighted by molar-refractivity contribution is 5.77. The van der Waals surface area contributed by atoms with E-state index in [0.717, 1.165) is 6.42 Å². The molecule has 0 saturated heterocycles. The van der Waals surface area contributed by atoms with Gasteiger partial charge in [-0.2, -0.15) is 0 Å². The molecule has 2 N–H and O–H groups in total. The van der Waals surface area contributed by atoms with Crippen LogP contribution >= 0.6 is 0 Å². The number of hydrogen-bond acceptors (Lipinski definition) is 4. The number of nitrogens with zero attached hydrogens (tertiary/aromatic N) is 2. The average molecular weight is 377 g/mol. The molecule has 0 amide bonds. The fraction of sp³-hybridized carbons (Fsp3) is 0.391. The molecule has 1 aromatic heterocycles. The zero-order valence-electron chi connectivity index (χ0n) is 16.8. The number of para-hydroxylation sites is 1. The normalized spacial score (nSPS) is 20.2. The van der Waals surface area contributed by atoms with E-state index >= 15 is 0 Å². The number of fused-ring (bicyclic) bond motifs is 2. The summed E-state index contributed by atoms with van der Waals surface area (Å²) in [4.78, 5) is 18.0. The van der Waals surface area contributed by atoms with Crippen LogP contribution in [0.25, 0.3) is 10.9 Å². The van der Waals surface area contributed by atoms with Crippen LogP contribution in [-0.4, -0.2) is 20.8 Å². The van der Waals surface area contributed by atoms with Crippen LogP contribution in [0.2, 0.25) is 0 Å². The van der Waals surface area contributed by atoms with Crippen molar-refractivity contribution >= 4 is 10.9 Å². The van der Waals surface area contributed by atoms with Gasteiger partial charge in [-0.3, -0.25) is 4.79 Å². The van der Waals surface area contributed by atoms with E-state index in [4.69, 9.17) is 0 Å². The lowest BCUT2D eigenvalue weighted by atomic mass is 9.88. The van der Waals surface area contributed by atoms with Crippen LogP contribution < -0.4 is 11.0 Å². The van der Waals surface area contributed by atoms with Crippen LogP contribution in [0.5, 0.6) is 0 Å². The Bertz CT molecular complexity index is 1080. The van der Waals surface area contributed by atoms with Crippen molar-refractivity contribution in [1.29, 1.82) is 0 Å². The van der Waals surface area contributed by atoms with Gasteiger partial charge in [-0.15, -0.1) is 0 Å². The first-order chi connectivity index (χ1) is 13.3. The molecule has 3 aromatic rings. The Labute approximate surface area is 165 Å². The predicted molar refractivity (Wildman–Crippen MR) is 112 cm³/mol. The minimum atomic E-state index is -0.878. The first kappa shape index (κ1) is 18.7. The van der Waals surface area contributed by atoms with E-state index in [2.05, 4.69) is 35.5 Å². The van der Waals surface area contributed by atoms with E-state index in [1.54, 1.807) is 6.07 Å². The molecule has 2 aromatic carbocycles. The predicted octanol–water partition coefficient (Wildman–Crippen LogP) is 3.75. The fourth-order valence-electron chi connectivity index (χ4n) is 3.96. The zero-order valence-corrected chi connectivity index (χ0v) is 16.8. The number of benzene rings is 2. The van der Waals surface area contributed by atoms with Crippen molar-refractivity contribution < 1.29 is 5.11 Å². The zero-order chi connectivity index (χ0) is 20.1. The van der Waals surface area contributed by atoms with Gasteiger partial charge in [0.05, 0.1) is 16.9 Å². The summed E-state index contributed by atoms with van der Waals surface area (Å²) in [6.07, 6.45) is -0.0434. The lowest BCUT2D eigenvalue weighted by molar-refractivity contribution is 0.0516. The van der Waals surface area contributed by atoms with E-state index in [1.807, 2.05) is 45.0 Å². The number of hydrogen-bond donors (Lipinski definition) is 2. The highest BCUT2D eigenvalue weighted by Gasteiger charge is 2.33. The van der Waals surface area contributed by atoms with Crippen LogP contribution in [0, 0.1) is 5.41 Å². The summed E-state index contributed by atoms with van der Waals surface area (Å²) in [5.41, 5.74) is 5.99. The Morgan fingerprint density at radius 2 is 1.82 bits per heavy atom. The van der Waals surface area contributed by atoms with Crippen molar-refractivity contribution in [3.8, 4) is 0 Å². The lowest BCUT2D eigenvalue weighted by Crippen LogP contribution is -2.42. The third kappa shape index (κ3) is 3.10. The summed E-state index contributed by atoms with van der Waals surface area (Å²) in [7, 11) is 0. The summed E-state index contributed by atoms with van der Waals surface area (Å²) in [6.45, 7) is 8.00. The number of aromatic nitrogens is 2. The largest absolute Gasteiger partial charge is 0.385 e. The lowest BCUT2D eigenvalue weighted by Gasteiger charge is -2.29. The number of rotatable bonds is 3. The Hall–Kier alpha value is -2.66. The smallest absolute Gasteiger partial charge is 0.280 e. The Morgan fingerprint density at radius 3 is 2.54 bits per heavy atom. The molecule has 0 spiro atoms. The summed E-state index contributed by atoms with van der Waals surface area (Å²) >= 11 is 0. The van der Waals surface area contributed by atoms with Gasteiger partial charge in [0.1, 0.15) is 6.10 Å². The molecule has 1 aliphatic rings. The molecule has 0 fully saturated rings. The fourth-order valence-corrected chi connectivity index (χ4v) is 3.96. The third-order valence-corrected chi connectivity index (χ3v) is 5.75. The Morgan fingerprint density at radius 1 is 1.14 bits per heavy atom. The van der Waals surface area contributed by atoms with Gasteiger partial charge in [-0.1, -0.05) is 64.1 Å². The van der Waals surface area contributed by atoms with Crippen LogP contribution in [0.3, 0.4) is 0 Å². The molecule has 28 heavy (non-hydrogen) atoms. The number of aliphatic hydroxyl groups is 1. The van der Waals surface area contributed by atoms with Crippen molar-refractivity contribution in [3.63, 3.8) is 0 Å². The summed E-state index contributed by atoms with van der Waals surface area (Å²) in [5.74, 6) is 0.619. The van der Waals surface area contributed by atoms with Crippen LogP contribution in [0.15, 0.2) is 53.3 Å². The molecule has 1 heterocycles. The average Bonchev–Trinajstić information content (AvgIpc) is 2.98. The van der Waals surface area contributed by atoms with E-state index in [0.29, 0.717) is 16.7 Å². The maximum Gasteiger partial charge on any atom is 0.280 e. The van der Waals surface area contributed by atoms with Crippen LogP contribution in [0.4, 0.5) is 0 Å². The summed E-state index contributed by atoms with van der Waals surface area (Å²) in [6, 6.07) is 15.7. The van der Waals surface area contributed by atoms with Crippen molar-refractivity contribution in [1.82, 2.24) is 9.66 Å². The second-order valence-electron chi connectivity index (χ2n) is 8.82. The molecular formula is C23H27N3O2. The van der Waals surface area contributed by atoms with Gasteiger partial charge >= 0.3 is 0 Å². The standard InChI is InChI=1S/C23H27N3O2/c1-14-16-10-6-5-9-15(16)13-19(14)25-26-21(20(27)23(2,3)4)24-18-12-8-7-11-17(18)22(26)28/h5-12,14,19-20,25,27H,13H2,1-4H3/t14-,19-,20-/m1/s1. The molecule has 1 aliphatic carbocycles. The topological polar surface area (TPSA) is 67.2 Å². The van der Waals surface area contributed by atoms with Gasteiger partial charge in [-0.25, -0.2) is 9.66 Å². The SMILES string of the molecule is C[C@@H]1c2ccccc2C[C@H]1Nn1c([C@@H](O)C(C)(C)C)nc2ccccc2c1=O. The molecule has 5 nitrogen and oxygen atoms in total. The number of nitrogens with one attached hydrogen (secondary N) is 1. The molecule has 5 heteroatoms. The second kappa shape index (κ2) is 6.74. The monoisotopic (exact) mass is 377 g/mol. The van der Waals surface area contributed by atoms with Crippen LogP contribution in [-0.2, 0) is 6.42 Å². The van der Waals surface area contributed by atoms with Gasteiger partial charge < -0.3 is 10.5 Å². The molecule has 4 rings (SSSR count). The maximum atomic E-state index is 13.3. The first-order valence-electron chi connectivity index (χ1n) is 9.81. The van der Waals surface area contributed by atoms with Crippen molar-refractivity contribution in [3.05, 3.63) is 75.8 Å². The molecule has 0 saturated carbocycles. The molecule has 0 bridgehead atoms. The molecule has 0 radical (unpaired) electrons. The van der Waals surface area contributed by atoms with E-state index in [9.17, 15) is 9.90 Å². The summed E-state index contributed by atoms with van der Waals surface area (Å²) in [5, 5.41) is 11.5. The van der Waals surface area contributed by atoms with Crippen LogP contribution in [0.1, 0.15) is 56.7 Å². The van der Waals surface area contributed by atoms with Gasteiger partial charge in [0.15, 0.2) is 5.82 Å². The quantitative estimate of drug-likeness (QED) is 0.730. The Balaban J connectivity index is 1.82. The summed E-state index contributed by atoms with van der Waals surface area (Å²) < 4.78 is 1.48. The molecule has 0 unspecified atom stereocenters. The molecule has 146 valence electrons. The van der Waals surface area contributed by atoms with Gasteiger partial charge in [0, 0.05) is 5.92 Å². The second-order valence-corrected chi connectivity index (χ2v) is 8.82. The Kier molecular flexibility index (Phi) is 4.50. The highest BCUT2D eigenvalue weighted by atomic mass is 16.3. The highest BCUT2D eigenvalue weighted by Crippen LogP contribution is 2.35. The molecule has 3 atom stereocenters. The van der Waals surface area contributed by atoms with E-state index < -0.39 is 11.5 Å².